The third kappa shape index (κ3) is 6.58. The number of rotatable bonds is 8. The third-order valence-electron chi connectivity index (χ3n) is 5.08. The number of nitrogens with zero attached hydrogens (tertiary/aromatic N) is 1. The van der Waals surface area contributed by atoms with Gasteiger partial charge in [-0.15, -0.1) is 0 Å². The molecule has 0 aliphatic heterocycles. The van der Waals surface area contributed by atoms with Gasteiger partial charge in [-0.25, -0.2) is 21.2 Å². The molecule has 3 aromatic rings. The molecule has 2 N–H and O–H groups in total. The van der Waals surface area contributed by atoms with Gasteiger partial charge in [-0.2, -0.15) is 0 Å². The summed E-state index contributed by atoms with van der Waals surface area (Å²) in [5.41, 5.74) is 2.57. The van der Waals surface area contributed by atoms with Crippen LogP contribution in [-0.4, -0.2) is 35.0 Å². The van der Waals surface area contributed by atoms with Crippen LogP contribution in [0.2, 0.25) is 0 Å². The molecule has 0 aliphatic rings. The van der Waals surface area contributed by atoms with Gasteiger partial charge in [0, 0.05) is 11.4 Å². The molecule has 0 aliphatic carbocycles. The molecule has 8 nitrogen and oxygen atoms in total. The van der Waals surface area contributed by atoms with E-state index in [0.29, 0.717) is 5.69 Å². The highest BCUT2D eigenvalue weighted by Crippen LogP contribution is 2.25. The Morgan fingerprint density at radius 2 is 1.37 bits per heavy atom. The molecular formula is C24H26FN3O5S2. The van der Waals surface area contributed by atoms with Crippen molar-refractivity contribution in [3.05, 3.63) is 83.7 Å². The number of hydrogen-bond donors (Lipinski definition) is 2. The van der Waals surface area contributed by atoms with Gasteiger partial charge in [0.1, 0.15) is 11.9 Å². The van der Waals surface area contributed by atoms with Crippen LogP contribution >= 0.6 is 0 Å². The zero-order valence-corrected chi connectivity index (χ0v) is 21.2. The van der Waals surface area contributed by atoms with Gasteiger partial charge >= 0.3 is 0 Å². The van der Waals surface area contributed by atoms with Gasteiger partial charge in [-0.1, -0.05) is 6.07 Å². The van der Waals surface area contributed by atoms with E-state index in [-0.39, 0.29) is 16.3 Å². The van der Waals surface area contributed by atoms with Crippen LogP contribution in [0.5, 0.6) is 0 Å². The number of amides is 1. The summed E-state index contributed by atoms with van der Waals surface area (Å²) in [5, 5.41) is 2.63. The Hall–Kier alpha value is -3.44. The summed E-state index contributed by atoms with van der Waals surface area (Å²) < 4.78 is 66.6. The lowest BCUT2D eigenvalue weighted by Gasteiger charge is -2.28. The average Bonchev–Trinajstić information content (AvgIpc) is 2.74. The van der Waals surface area contributed by atoms with Gasteiger partial charge in [0.2, 0.25) is 15.9 Å². The Labute approximate surface area is 204 Å². The first-order valence-electron chi connectivity index (χ1n) is 10.5. The van der Waals surface area contributed by atoms with E-state index >= 15 is 0 Å². The second-order valence-electron chi connectivity index (χ2n) is 8.21. The van der Waals surface area contributed by atoms with Crippen LogP contribution in [0.3, 0.4) is 0 Å². The zero-order valence-electron chi connectivity index (χ0n) is 19.6. The number of carbonyl (C=O) groups is 1. The maximum Gasteiger partial charge on any atom is 0.261 e. The zero-order chi connectivity index (χ0) is 26.0. The molecule has 0 saturated heterocycles. The van der Waals surface area contributed by atoms with Crippen LogP contribution in [0.25, 0.3) is 0 Å². The Morgan fingerprint density at radius 3 is 1.89 bits per heavy atom. The first-order chi connectivity index (χ1) is 16.3. The van der Waals surface area contributed by atoms with Crippen molar-refractivity contribution in [1.82, 2.24) is 0 Å². The van der Waals surface area contributed by atoms with Crippen molar-refractivity contribution in [2.75, 3.05) is 20.6 Å². The average molecular weight is 520 g/mol. The van der Waals surface area contributed by atoms with E-state index < -0.39 is 37.8 Å². The minimum absolute atomic E-state index is 0.0686. The van der Waals surface area contributed by atoms with Crippen LogP contribution in [0.4, 0.5) is 21.5 Å². The summed E-state index contributed by atoms with van der Waals surface area (Å²) in [6.45, 7) is 5.14. The second kappa shape index (κ2) is 10.0. The molecule has 11 heteroatoms. The van der Waals surface area contributed by atoms with Crippen molar-refractivity contribution in [3.8, 4) is 0 Å². The minimum atomic E-state index is -3.94. The Morgan fingerprint density at radius 1 is 0.857 bits per heavy atom. The number of halogens is 1. The number of carbonyl (C=O) groups excluding carboxylic acids is 1. The normalized spacial score (nSPS) is 12.6. The van der Waals surface area contributed by atoms with Gasteiger partial charge in [0.25, 0.3) is 10.0 Å². The molecule has 1 amide bonds. The number of sulfonamides is 2. The van der Waals surface area contributed by atoms with Crippen molar-refractivity contribution in [1.29, 1.82) is 0 Å². The molecule has 3 rings (SSSR count). The Kier molecular flexibility index (Phi) is 7.51. The molecule has 0 radical (unpaired) electrons. The minimum Gasteiger partial charge on any atom is -0.324 e. The van der Waals surface area contributed by atoms with Crippen molar-refractivity contribution in [2.45, 2.75) is 31.7 Å². The number of nitrogens with one attached hydrogen (secondary N) is 2. The van der Waals surface area contributed by atoms with E-state index in [1.54, 1.807) is 12.1 Å². The van der Waals surface area contributed by atoms with Gasteiger partial charge < -0.3 is 5.32 Å². The van der Waals surface area contributed by atoms with Crippen LogP contribution in [0.15, 0.2) is 71.6 Å². The quantitative estimate of drug-likeness (QED) is 0.467. The van der Waals surface area contributed by atoms with Crippen LogP contribution in [0.1, 0.15) is 18.1 Å². The molecule has 3 aromatic carbocycles. The summed E-state index contributed by atoms with van der Waals surface area (Å²) >= 11 is 0. The number of aryl methyl sites for hydroxylation is 2. The Bertz CT molecular complexity index is 1420. The van der Waals surface area contributed by atoms with Crippen LogP contribution in [-0.2, 0) is 24.8 Å². The topological polar surface area (TPSA) is 113 Å². The second-order valence-corrected chi connectivity index (χ2v) is 11.7. The first kappa shape index (κ1) is 26.2. The number of benzene rings is 3. The van der Waals surface area contributed by atoms with Gasteiger partial charge in [-0.05, 0) is 92.6 Å². The smallest absolute Gasteiger partial charge is 0.261 e. The monoisotopic (exact) mass is 519 g/mol. The maximum atomic E-state index is 13.0. The number of anilines is 3. The third-order valence-corrected chi connectivity index (χ3v) is 7.72. The van der Waals surface area contributed by atoms with Gasteiger partial charge in [0.05, 0.1) is 16.8 Å². The van der Waals surface area contributed by atoms with E-state index in [1.165, 1.54) is 43.3 Å². The molecule has 1 atom stereocenters. The highest BCUT2D eigenvalue weighted by Gasteiger charge is 2.29. The fourth-order valence-corrected chi connectivity index (χ4v) is 5.80. The molecule has 0 saturated carbocycles. The standard InChI is InChI=1S/C24H26FN3O5S2/c1-16-13-17(2)15-22(14-16)28(34(4,30)31)18(3)24(29)26-20-9-11-23(12-10-20)35(32,33)27-21-7-5-19(25)6-8-21/h5-15,18,27H,1-4H3,(H,26,29). The predicted octanol–water partition coefficient (Wildman–Crippen LogP) is 4.04. The molecule has 1 unspecified atom stereocenters. The summed E-state index contributed by atoms with van der Waals surface area (Å²) in [6, 6.07) is 14.4. The Balaban J connectivity index is 1.78. The molecular weight excluding hydrogens is 493 g/mol. The lowest BCUT2D eigenvalue weighted by molar-refractivity contribution is -0.116. The molecule has 0 bridgehead atoms. The van der Waals surface area contributed by atoms with Crippen molar-refractivity contribution >= 4 is 43.0 Å². The van der Waals surface area contributed by atoms with E-state index in [0.717, 1.165) is 33.8 Å². The fraction of sp³-hybridized carbons (Fsp3) is 0.208. The molecule has 0 spiro atoms. The van der Waals surface area contributed by atoms with Crippen LogP contribution in [0, 0.1) is 19.7 Å². The highest BCUT2D eigenvalue weighted by molar-refractivity contribution is 7.92. The van der Waals surface area contributed by atoms with Crippen LogP contribution < -0.4 is 14.3 Å². The van der Waals surface area contributed by atoms with E-state index in [1.807, 2.05) is 19.9 Å². The predicted molar refractivity (Wildman–Crippen MR) is 135 cm³/mol. The van der Waals surface area contributed by atoms with E-state index in [9.17, 15) is 26.0 Å². The molecule has 35 heavy (non-hydrogen) atoms. The molecule has 186 valence electrons. The van der Waals surface area contributed by atoms with Gasteiger partial charge in [0.15, 0.2) is 0 Å². The summed E-state index contributed by atoms with van der Waals surface area (Å²) in [5.74, 6) is -1.08. The summed E-state index contributed by atoms with van der Waals surface area (Å²) in [7, 11) is -7.72. The van der Waals surface area contributed by atoms with E-state index in [2.05, 4.69) is 10.0 Å². The summed E-state index contributed by atoms with van der Waals surface area (Å²) in [6.07, 6.45) is 1.03. The first-order valence-corrected chi connectivity index (χ1v) is 13.9. The van der Waals surface area contributed by atoms with E-state index in [4.69, 9.17) is 0 Å². The lowest BCUT2D eigenvalue weighted by atomic mass is 10.1. The molecule has 0 fully saturated rings. The maximum absolute atomic E-state index is 13.0. The van der Waals surface area contributed by atoms with Crippen molar-refractivity contribution in [3.63, 3.8) is 0 Å². The lowest BCUT2D eigenvalue weighted by Crippen LogP contribution is -2.45. The van der Waals surface area contributed by atoms with Gasteiger partial charge in [-0.3, -0.25) is 13.8 Å². The summed E-state index contributed by atoms with van der Waals surface area (Å²) in [4.78, 5) is 12.8. The van der Waals surface area contributed by atoms with Crippen molar-refractivity contribution in [2.24, 2.45) is 0 Å². The largest absolute Gasteiger partial charge is 0.324 e. The van der Waals surface area contributed by atoms with Crippen molar-refractivity contribution < 1.29 is 26.0 Å². The molecule has 0 aromatic heterocycles. The molecule has 0 heterocycles. The SMILES string of the molecule is Cc1cc(C)cc(N(C(C)C(=O)Nc2ccc(S(=O)(=O)Nc3ccc(F)cc3)cc2)S(C)(=O)=O)c1. The number of hydrogen-bond acceptors (Lipinski definition) is 5. The fourth-order valence-electron chi connectivity index (χ4n) is 3.58. The highest BCUT2D eigenvalue weighted by atomic mass is 32.2.